The molecule has 5 rings (SSSR count). The summed E-state index contributed by atoms with van der Waals surface area (Å²) in [4.78, 5) is 19.1. The van der Waals surface area contributed by atoms with Crippen molar-refractivity contribution < 1.29 is 4.79 Å². The molecule has 8 heteroatoms. The van der Waals surface area contributed by atoms with E-state index in [9.17, 15) is 4.79 Å². The lowest BCUT2D eigenvalue weighted by molar-refractivity contribution is 0.0952. The van der Waals surface area contributed by atoms with E-state index in [1.54, 1.807) is 22.2 Å². The fourth-order valence-corrected chi connectivity index (χ4v) is 4.58. The third kappa shape index (κ3) is 3.80. The van der Waals surface area contributed by atoms with E-state index in [1.807, 2.05) is 72.7 Å². The zero-order chi connectivity index (χ0) is 22.1. The van der Waals surface area contributed by atoms with Gasteiger partial charge in [-0.1, -0.05) is 30.3 Å². The lowest BCUT2D eigenvalue weighted by Crippen LogP contribution is -2.24. The van der Waals surface area contributed by atoms with Gasteiger partial charge in [0, 0.05) is 26.0 Å². The van der Waals surface area contributed by atoms with Gasteiger partial charge in [0.05, 0.1) is 33.8 Å². The summed E-state index contributed by atoms with van der Waals surface area (Å²) >= 11 is 1.60. The minimum absolute atomic E-state index is 0.139. The average Bonchev–Trinajstić information content (AvgIpc) is 3.56. The summed E-state index contributed by atoms with van der Waals surface area (Å²) < 4.78 is 3.61. The maximum absolute atomic E-state index is 13.4. The van der Waals surface area contributed by atoms with Crippen LogP contribution in [0.15, 0.2) is 66.3 Å². The molecule has 5 aromatic rings. The molecule has 0 spiro atoms. The molecule has 0 fully saturated rings. The largest absolute Gasteiger partial charge is 0.348 e. The van der Waals surface area contributed by atoms with Gasteiger partial charge in [0.15, 0.2) is 5.65 Å². The summed E-state index contributed by atoms with van der Waals surface area (Å²) in [5.74, 6) is -0.139. The van der Waals surface area contributed by atoms with E-state index in [0.717, 1.165) is 32.8 Å². The van der Waals surface area contributed by atoms with Crippen LogP contribution in [0.25, 0.3) is 21.6 Å². The number of amides is 1. The fourth-order valence-electron chi connectivity index (χ4n) is 3.90. The van der Waals surface area contributed by atoms with Crippen LogP contribution in [0.4, 0.5) is 0 Å². The molecule has 0 radical (unpaired) electrons. The first-order chi connectivity index (χ1) is 15.6. The number of fused-ring (bicyclic) bond motifs is 1. The van der Waals surface area contributed by atoms with Crippen molar-refractivity contribution in [1.29, 1.82) is 0 Å². The Balaban J connectivity index is 1.46. The van der Waals surface area contributed by atoms with E-state index >= 15 is 0 Å². The Morgan fingerprint density at radius 3 is 2.72 bits per heavy atom. The average molecular weight is 443 g/mol. The van der Waals surface area contributed by atoms with E-state index in [0.29, 0.717) is 24.3 Å². The van der Waals surface area contributed by atoms with Crippen molar-refractivity contribution in [2.75, 3.05) is 0 Å². The van der Waals surface area contributed by atoms with Gasteiger partial charge in [-0.2, -0.15) is 10.2 Å². The van der Waals surface area contributed by atoms with Crippen molar-refractivity contribution in [2.45, 2.75) is 20.0 Å². The van der Waals surface area contributed by atoms with E-state index < -0.39 is 0 Å². The molecule has 1 amide bonds. The Labute approximate surface area is 189 Å². The van der Waals surface area contributed by atoms with Gasteiger partial charge >= 0.3 is 0 Å². The second kappa shape index (κ2) is 8.39. The third-order valence-electron chi connectivity index (χ3n) is 5.44. The highest BCUT2D eigenvalue weighted by molar-refractivity contribution is 7.13. The van der Waals surface area contributed by atoms with Crippen LogP contribution in [0.2, 0.25) is 0 Å². The number of aryl methyl sites for hydroxylation is 2. The highest BCUT2D eigenvalue weighted by Gasteiger charge is 2.19. The highest BCUT2D eigenvalue weighted by Crippen LogP contribution is 2.29. The van der Waals surface area contributed by atoms with Crippen LogP contribution in [-0.2, 0) is 20.1 Å². The normalized spacial score (nSPS) is 11.2. The lowest BCUT2D eigenvalue weighted by atomic mass is 10.1. The minimum Gasteiger partial charge on any atom is -0.348 e. The Hall–Kier alpha value is -3.78. The number of nitrogens with one attached hydrogen (secondary N) is 1. The van der Waals surface area contributed by atoms with Gasteiger partial charge in [-0.15, -0.1) is 11.3 Å². The number of nitrogens with zero attached hydrogens (tertiary/aromatic N) is 5. The van der Waals surface area contributed by atoms with Crippen molar-refractivity contribution in [2.24, 2.45) is 7.05 Å². The molecule has 4 heterocycles. The van der Waals surface area contributed by atoms with E-state index in [2.05, 4.69) is 21.6 Å². The Bertz CT molecular complexity index is 1390. The van der Waals surface area contributed by atoms with Crippen LogP contribution in [0, 0.1) is 6.92 Å². The molecule has 32 heavy (non-hydrogen) atoms. The molecule has 7 nitrogen and oxygen atoms in total. The predicted molar refractivity (Wildman–Crippen MR) is 126 cm³/mol. The zero-order valence-electron chi connectivity index (χ0n) is 17.8. The van der Waals surface area contributed by atoms with Gasteiger partial charge in [-0.05, 0) is 41.6 Å². The van der Waals surface area contributed by atoms with Gasteiger partial charge in [-0.25, -0.2) is 4.98 Å². The number of rotatable bonds is 6. The quantitative estimate of drug-likeness (QED) is 0.428. The number of carbonyl (C=O) groups excluding carboxylic acids is 1. The van der Waals surface area contributed by atoms with Gasteiger partial charge in [-0.3, -0.25) is 14.2 Å². The molecule has 160 valence electrons. The number of hydrogen-bond donors (Lipinski definition) is 1. The molecule has 0 aliphatic heterocycles. The number of thiophene rings is 1. The maximum Gasteiger partial charge on any atom is 0.252 e. The van der Waals surface area contributed by atoms with Crippen LogP contribution in [0.1, 0.15) is 27.2 Å². The van der Waals surface area contributed by atoms with Crippen LogP contribution >= 0.6 is 11.3 Å². The van der Waals surface area contributed by atoms with Gasteiger partial charge in [0.25, 0.3) is 5.91 Å². The number of benzene rings is 1. The third-order valence-corrected chi connectivity index (χ3v) is 6.33. The van der Waals surface area contributed by atoms with E-state index in [1.165, 1.54) is 0 Å². The Morgan fingerprint density at radius 1 is 1.12 bits per heavy atom. The second-order valence-electron chi connectivity index (χ2n) is 7.60. The first kappa shape index (κ1) is 20.1. The lowest BCUT2D eigenvalue weighted by Gasteiger charge is -2.12. The Kier molecular flexibility index (Phi) is 5.28. The molecule has 0 unspecified atom stereocenters. The molecular weight excluding hydrogens is 420 g/mol. The summed E-state index contributed by atoms with van der Waals surface area (Å²) in [5, 5.41) is 14.7. The fraction of sp³-hybridized carbons (Fsp3) is 0.167. The van der Waals surface area contributed by atoms with Crippen molar-refractivity contribution >= 4 is 28.3 Å². The van der Waals surface area contributed by atoms with Crippen LogP contribution < -0.4 is 5.32 Å². The summed E-state index contributed by atoms with van der Waals surface area (Å²) in [6.45, 7) is 2.99. The first-order valence-corrected chi connectivity index (χ1v) is 11.2. The molecule has 0 aliphatic rings. The molecule has 0 bridgehead atoms. The maximum atomic E-state index is 13.4. The van der Waals surface area contributed by atoms with E-state index in [-0.39, 0.29) is 5.91 Å². The smallest absolute Gasteiger partial charge is 0.252 e. The first-order valence-electron chi connectivity index (χ1n) is 10.3. The second-order valence-corrected chi connectivity index (χ2v) is 8.54. The monoisotopic (exact) mass is 442 g/mol. The Morgan fingerprint density at radius 2 is 1.97 bits per heavy atom. The van der Waals surface area contributed by atoms with Gasteiger partial charge in [0.2, 0.25) is 0 Å². The molecule has 4 aromatic heterocycles. The van der Waals surface area contributed by atoms with Crippen molar-refractivity contribution in [1.82, 2.24) is 29.9 Å². The molecule has 1 N–H and O–H groups in total. The topological polar surface area (TPSA) is 77.6 Å². The van der Waals surface area contributed by atoms with Gasteiger partial charge in [0.1, 0.15) is 0 Å². The molecule has 1 aromatic carbocycles. The summed E-state index contributed by atoms with van der Waals surface area (Å²) in [6.07, 6.45) is 3.70. The molecule has 0 saturated heterocycles. The van der Waals surface area contributed by atoms with Crippen molar-refractivity contribution in [3.63, 3.8) is 0 Å². The standard InChI is InChI=1S/C24H22N6OS/c1-16-22-19(13-20(21-9-5-12-32-21)27-23(22)29(2)28-16)24(31)25-14-17-7-3-4-8-18(17)15-30-11-6-10-26-30/h3-13H,14-15H2,1-2H3,(H,25,31). The van der Waals surface area contributed by atoms with Gasteiger partial charge < -0.3 is 5.32 Å². The number of hydrogen-bond acceptors (Lipinski definition) is 5. The molecule has 0 atom stereocenters. The van der Waals surface area contributed by atoms with Crippen LogP contribution in [-0.4, -0.2) is 30.5 Å². The number of aromatic nitrogens is 5. The van der Waals surface area contributed by atoms with Crippen molar-refractivity contribution in [3.05, 3.63) is 88.7 Å². The molecule has 0 saturated carbocycles. The predicted octanol–water partition coefficient (Wildman–Crippen LogP) is 4.18. The highest BCUT2D eigenvalue weighted by atomic mass is 32.1. The molecule has 0 aliphatic carbocycles. The van der Waals surface area contributed by atoms with Crippen molar-refractivity contribution in [3.8, 4) is 10.6 Å². The minimum atomic E-state index is -0.139. The summed E-state index contributed by atoms with van der Waals surface area (Å²) in [6, 6.07) is 15.9. The summed E-state index contributed by atoms with van der Waals surface area (Å²) in [7, 11) is 1.85. The molecular formula is C24H22N6OS. The van der Waals surface area contributed by atoms with Crippen LogP contribution in [0.3, 0.4) is 0 Å². The zero-order valence-corrected chi connectivity index (χ0v) is 18.6. The van der Waals surface area contributed by atoms with E-state index in [4.69, 9.17) is 4.98 Å². The van der Waals surface area contributed by atoms with Crippen LogP contribution in [0.5, 0.6) is 0 Å². The number of pyridine rings is 1. The summed E-state index contributed by atoms with van der Waals surface area (Å²) in [5.41, 5.74) is 5.04. The SMILES string of the molecule is Cc1nn(C)c2nc(-c3cccs3)cc(C(=O)NCc3ccccc3Cn3cccn3)c12. The number of carbonyl (C=O) groups is 1.